The minimum absolute atomic E-state index is 0.720. The fourth-order valence-electron chi connectivity index (χ4n) is 2.38. The van der Waals surface area contributed by atoms with Crippen LogP contribution in [0, 0.1) is 0 Å². The summed E-state index contributed by atoms with van der Waals surface area (Å²) in [6, 6.07) is 28.4. The van der Waals surface area contributed by atoms with Gasteiger partial charge < -0.3 is 4.74 Å². The van der Waals surface area contributed by atoms with Crippen molar-refractivity contribution >= 4 is 11.9 Å². The van der Waals surface area contributed by atoms with Crippen LogP contribution in [0.25, 0.3) is 0 Å². The van der Waals surface area contributed by atoms with Gasteiger partial charge in [0.25, 0.3) is 0 Å². The number of para-hydroxylation sites is 1. The van der Waals surface area contributed by atoms with E-state index in [2.05, 4.69) is 29.4 Å². The molecule has 3 heteroatoms. The molecule has 0 atom stereocenters. The molecular weight excluding hydrogens is 296 g/mol. The molecule has 0 aliphatic heterocycles. The molecule has 0 spiro atoms. The Hall–Kier alpha value is -3.07. The van der Waals surface area contributed by atoms with Gasteiger partial charge in [-0.05, 0) is 47.5 Å². The van der Waals surface area contributed by atoms with E-state index >= 15 is 0 Å². The maximum absolute atomic E-state index is 5.19. The fraction of sp³-hybridized carbons (Fsp3) is 0.0952. The molecule has 0 amide bonds. The number of nitrogens with zero attached hydrogens (tertiary/aromatic N) is 2. The smallest absolute Gasteiger partial charge is 0.118 e. The Labute approximate surface area is 142 Å². The van der Waals surface area contributed by atoms with E-state index in [0.717, 1.165) is 23.5 Å². The highest BCUT2D eigenvalue weighted by Gasteiger charge is 2.05. The van der Waals surface area contributed by atoms with E-state index in [-0.39, 0.29) is 0 Å². The molecule has 0 bridgehead atoms. The van der Waals surface area contributed by atoms with Crippen LogP contribution in [0.2, 0.25) is 0 Å². The zero-order valence-electron chi connectivity index (χ0n) is 13.7. The summed E-state index contributed by atoms with van der Waals surface area (Å²) in [6.07, 6.45) is 1.87. The van der Waals surface area contributed by atoms with Crippen LogP contribution in [0.4, 0.5) is 5.69 Å². The molecule has 3 aromatic rings. The number of benzene rings is 3. The second-order valence-electron chi connectivity index (χ2n) is 5.40. The highest BCUT2D eigenvalue weighted by atomic mass is 16.5. The number of methoxy groups -OCH3 is 1. The van der Waals surface area contributed by atoms with Gasteiger partial charge in [-0.15, -0.1) is 0 Å². The second kappa shape index (κ2) is 7.97. The number of hydrazone groups is 1. The number of rotatable bonds is 6. The molecular formula is C21H20N2O. The van der Waals surface area contributed by atoms with Crippen molar-refractivity contribution in [3.8, 4) is 5.75 Å². The lowest BCUT2D eigenvalue weighted by atomic mass is 10.2. The molecule has 0 aromatic heterocycles. The number of anilines is 1. The minimum Gasteiger partial charge on any atom is -0.497 e. The van der Waals surface area contributed by atoms with Crippen LogP contribution in [-0.2, 0) is 6.54 Å². The first-order valence-corrected chi connectivity index (χ1v) is 7.90. The Morgan fingerprint density at radius 3 is 2.08 bits per heavy atom. The van der Waals surface area contributed by atoms with Gasteiger partial charge in [-0.3, -0.25) is 5.01 Å². The van der Waals surface area contributed by atoms with Gasteiger partial charge in [0.05, 0.1) is 25.6 Å². The molecule has 0 aliphatic carbocycles. The summed E-state index contributed by atoms with van der Waals surface area (Å²) in [5, 5.41) is 6.68. The third kappa shape index (κ3) is 4.23. The molecule has 0 radical (unpaired) electrons. The molecule has 0 saturated carbocycles. The van der Waals surface area contributed by atoms with E-state index in [1.807, 2.05) is 71.9 Å². The van der Waals surface area contributed by atoms with Crippen LogP contribution in [0.15, 0.2) is 90.0 Å². The summed E-state index contributed by atoms with van der Waals surface area (Å²) >= 11 is 0. The molecule has 0 heterocycles. The average molecular weight is 316 g/mol. The lowest BCUT2D eigenvalue weighted by Crippen LogP contribution is -2.15. The second-order valence-corrected chi connectivity index (χ2v) is 5.40. The van der Waals surface area contributed by atoms with Crippen LogP contribution < -0.4 is 9.75 Å². The van der Waals surface area contributed by atoms with E-state index in [0.29, 0.717) is 0 Å². The Kier molecular flexibility index (Phi) is 5.25. The molecule has 24 heavy (non-hydrogen) atoms. The number of hydrogen-bond donors (Lipinski definition) is 0. The molecule has 0 aliphatic rings. The topological polar surface area (TPSA) is 24.8 Å². The monoisotopic (exact) mass is 316 g/mol. The number of hydrogen-bond acceptors (Lipinski definition) is 3. The van der Waals surface area contributed by atoms with E-state index < -0.39 is 0 Å². The van der Waals surface area contributed by atoms with Gasteiger partial charge in [-0.25, -0.2) is 0 Å². The zero-order chi connectivity index (χ0) is 16.6. The van der Waals surface area contributed by atoms with Crippen LogP contribution in [0.3, 0.4) is 0 Å². The van der Waals surface area contributed by atoms with Gasteiger partial charge in [-0.2, -0.15) is 5.10 Å². The summed E-state index contributed by atoms with van der Waals surface area (Å²) in [5.74, 6) is 0.844. The third-order valence-electron chi connectivity index (χ3n) is 3.69. The molecule has 3 aromatic carbocycles. The summed E-state index contributed by atoms with van der Waals surface area (Å²) in [5.41, 5.74) is 3.31. The predicted octanol–water partition coefficient (Wildman–Crippen LogP) is 4.74. The molecule has 120 valence electrons. The van der Waals surface area contributed by atoms with Crippen molar-refractivity contribution in [3.05, 3.63) is 96.1 Å². The first-order valence-electron chi connectivity index (χ1n) is 7.90. The summed E-state index contributed by atoms with van der Waals surface area (Å²) in [6.45, 7) is 0.720. The SMILES string of the molecule is COc1ccc(/C=N/N(Cc2ccccc2)c2ccccc2)cc1. The van der Waals surface area contributed by atoms with Gasteiger partial charge in [-0.1, -0.05) is 48.5 Å². The van der Waals surface area contributed by atoms with Crippen LogP contribution >= 0.6 is 0 Å². The quantitative estimate of drug-likeness (QED) is 0.485. The van der Waals surface area contributed by atoms with Crippen molar-refractivity contribution in [1.82, 2.24) is 0 Å². The summed E-state index contributed by atoms with van der Waals surface area (Å²) in [4.78, 5) is 0. The van der Waals surface area contributed by atoms with E-state index in [1.54, 1.807) is 7.11 Å². The van der Waals surface area contributed by atoms with Crippen molar-refractivity contribution in [3.63, 3.8) is 0 Å². The Morgan fingerprint density at radius 2 is 1.46 bits per heavy atom. The lowest BCUT2D eigenvalue weighted by molar-refractivity contribution is 0.415. The summed E-state index contributed by atoms with van der Waals surface area (Å²) in [7, 11) is 1.67. The van der Waals surface area contributed by atoms with Crippen LogP contribution in [0.5, 0.6) is 5.75 Å². The molecule has 0 saturated heterocycles. The minimum atomic E-state index is 0.720. The van der Waals surface area contributed by atoms with Crippen molar-refractivity contribution in [1.29, 1.82) is 0 Å². The van der Waals surface area contributed by atoms with E-state index in [9.17, 15) is 0 Å². The van der Waals surface area contributed by atoms with E-state index in [1.165, 1.54) is 5.56 Å². The van der Waals surface area contributed by atoms with Gasteiger partial charge in [0.1, 0.15) is 5.75 Å². The molecule has 3 nitrogen and oxygen atoms in total. The fourth-order valence-corrected chi connectivity index (χ4v) is 2.38. The highest BCUT2D eigenvalue weighted by molar-refractivity contribution is 5.80. The first-order chi connectivity index (χ1) is 11.8. The molecule has 3 rings (SSSR count). The first kappa shape index (κ1) is 15.8. The Balaban J connectivity index is 1.82. The Morgan fingerprint density at radius 1 is 0.833 bits per heavy atom. The van der Waals surface area contributed by atoms with Crippen LogP contribution in [-0.4, -0.2) is 13.3 Å². The van der Waals surface area contributed by atoms with Crippen molar-refractivity contribution < 1.29 is 4.74 Å². The standard InChI is InChI=1S/C21H20N2O/c1-24-21-14-12-18(13-15-21)16-22-23(20-10-6-3-7-11-20)17-19-8-4-2-5-9-19/h2-16H,17H2,1H3/b22-16+. The predicted molar refractivity (Wildman–Crippen MR) is 99.7 cm³/mol. The average Bonchev–Trinajstić information content (AvgIpc) is 2.67. The zero-order valence-corrected chi connectivity index (χ0v) is 13.7. The maximum atomic E-state index is 5.19. The molecule has 0 fully saturated rings. The van der Waals surface area contributed by atoms with Crippen molar-refractivity contribution in [2.45, 2.75) is 6.54 Å². The molecule has 0 N–H and O–H groups in total. The van der Waals surface area contributed by atoms with Gasteiger partial charge >= 0.3 is 0 Å². The van der Waals surface area contributed by atoms with E-state index in [4.69, 9.17) is 4.74 Å². The largest absolute Gasteiger partial charge is 0.497 e. The number of ether oxygens (including phenoxy) is 1. The summed E-state index contributed by atoms with van der Waals surface area (Å²) < 4.78 is 5.19. The molecule has 0 unspecified atom stereocenters. The lowest BCUT2D eigenvalue weighted by Gasteiger charge is -2.19. The maximum Gasteiger partial charge on any atom is 0.118 e. The normalized spacial score (nSPS) is 10.7. The van der Waals surface area contributed by atoms with Gasteiger partial charge in [0.2, 0.25) is 0 Å². The highest BCUT2D eigenvalue weighted by Crippen LogP contribution is 2.17. The van der Waals surface area contributed by atoms with Gasteiger partial charge in [0, 0.05) is 0 Å². The van der Waals surface area contributed by atoms with Crippen LogP contribution in [0.1, 0.15) is 11.1 Å². The third-order valence-corrected chi connectivity index (χ3v) is 3.69. The van der Waals surface area contributed by atoms with Crippen molar-refractivity contribution in [2.24, 2.45) is 5.10 Å². The van der Waals surface area contributed by atoms with Gasteiger partial charge in [0.15, 0.2) is 0 Å². The Bertz CT molecular complexity index is 768. The van der Waals surface area contributed by atoms with Crippen molar-refractivity contribution in [2.75, 3.05) is 12.1 Å².